The van der Waals surface area contributed by atoms with Gasteiger partial charge in [-0.1, -0.05) is 11.6 Å². The maximum atomic E-state index is 12.4. The molecule has 1 N–H and O–H groups in total. The van der Waals surface area contributed by atoms with Crippen molar-refractivity contribution in [2.45, 2.75) is 26.4 Å². The number of nitrogens with zero attached hydrogens (tertiary/aromatic N) is 2. The summed E-state index contributed by atoms with van der Waals surface area (Å²) in [5, 5.41) is 4.30. The Hall–Kier alpha value is -1.39. The molecule has 0 amide bonds. The molecule has 5 heteroatoms. The van der Waals surface area contributed by atoms with Gasteiger partial charge in [-0.3, -0.25) is 9.36 Å². The monoisotopic (exact) mass is 265 g/mol. The van der Waals surface area contributed by atoms with Gasteiger partial charge in [0.1, 0.15) is 5.82 Å². The minimum Gasteiger partial charge on any atom is -0.311 e. The maximum absolute atomic E-state index is 12.4. The lowest BCUT2D eigenvalue weighted by atomic mass is 10.2. The van der Waals surface area contributed by atoms with E-state index in [9.17, 15) is 4.79 Å². The molecule has 1 atom stereocenters. The van der Waals surface area contributed by atoms with Crippen molar-refractivity contribution in [1.29, 1.82) is 0 Å². The van der Waals surface area contributed by atoms with E-state index >= 15 is 0 Å². The van der Waals surface area contributed by atoms with Gasteiger partial charge < -0.3 is 5.32 Å². The SMILES string of the molecule is CCn1c([C@H](C)NC)nc2cc(Cl)ccc2c1=O. The van der Waals surface area contributed by atoms with E-state index in [1.165, 1.54) is 0 Å². The fourth-order valence-electron chi connectivity index (χ4n) is 1.98. The summed E-state index contributed by atoms with van der Waals surface area (Å²) in [6, 6.07) is 5.19. The molecule has 0 aliphatic carbocycles. The Morgan fingerprint density at radius 3 is 2.83 bits per heavy atom. The number of hydrogen-bond donors (Lipinski definition) is 1. The van der Waals surface area contributed by atoms with E-state index in [0.717, 1.165) is 5.82 Å². The van der Waals surface area contributed by atoms with Crippen molar-refractivity contribution in [2.75, 3.05) is 7.05 Å². The second kappa shape index (κ2) is 5.08. The van der Waals surface area contributed by atoms with Crippen LogP contribution < -0.4 is 10.9 Å². The summed E-state index contributed by atoms with van der Waals surface area (Å²) >= 11 is 5.95. The van der Waals surface area contributed by atoms with Gasteiger partial charge in [0.25, 0.3) is 5.56 Å². The third-order valence-corrected chi connectivity index (χ3v) is 3.32. The number of benzene rings is 1. The fourth-order valence-corrected chi connectivity index (χ4v) is 2.14. The van der Waals surface area contributed by atoms with Crippen molar-refractivity contribution in [3.05, 3.63) is 39.4 Å². The Morgan fingerprint density at radius 2 is 2.22 bits per heavy atom. The van der Waals surface area contributed by atoms with Crippen molar-refractivity contribution >= 4 is 22.5 Å². The molecule has 0 unspecified atom stereocenters. The summed E-state index contributed by atoms with van der Waals surface area (Å²) in [5.74, 6) is 0.736. The molecule has 2 rings (SSSR count). The highest BCUT2D eigenvalue weighted by atomic mass is 35.5. The molecule has 0 aliphatic rings. The lowest BCUT2D eigenvalue weighted by molar-refractivity contribution is 0.544. The number of aromatic nitrogens is 2. The Bertz CT molecular complexity index is 636. The van der Waals surface area contributed by atoms with Gasteiger partial charge in [-0.25, -0.2) is 4.98 Å². The molecule has 0 spiro atoms. The molecule has 0 aliphatic heterocycles. The molecule has 0 fully saturated rings. The zero-order valence-corrected chi connectivity index (χ0v) is 11.5. The van der Waals surface area contributed by atoms with Crippen LogP contribution in [0.4, 0.5) is 0 Å². The lowest BCUT2D eigenvalue weighted by Gasteiger charge is -2.16. The third-order valence-electron chi connectivity index (χ3n) is 3.08. The van der Waals surface area contributed by atoms with Gasteiger partial charge in [0.15, 0.2) is 0 Å². The zero-order valence-electron chi connectivity index (χ0n) is 10.7. The van der Waals surface area contributed by atoms with Crippen LogP contribution in [0.25, 0.3) is 10.9 Å². The summed E-state index contributed by atoms with van der Waals surface area (Å²) in [5.41, 5.74) is 0.630. The second-order valence-electron chi connectivity index (χ2n) is 4.19. The highest BCUT2D eigenvalue weighted by Crippen LogP contribution is 2.17. The summed E-state index contributed by atoms with van der Waals surface area (Å²) < 4.78 is 1.69. The minimum atomic E-state index is -0.0173. The second-order valence-corrected chi connectivity index (χ2v) is 4.63. The van der Waals surface area contributed by atoms with E-state index < -0.39 is 0 Å². The van der Waals surface area contributed by atoms with E-state index in [0.29, 0.717) is 22.5 Å². The summed E-state index contributed by atoms with van der Waals surface area (Å²) in [4.78, 5) is 16.9. The predicted molar refractivity (Wildman–Crippen MR) is 74.2 cm³/mol. The molecule has 1 aromatic carbocycles. The van der Waals surface area contributed by atoms with E-state index in [1.54, 1.807) is 22.8 Å². The normalized spacial score (nSPS) is 12.9. The first-order valence-electron chi connectivity index (χ1n) is 5.95. The quantitative estimate of drug-likeness (QED) is 0.927. The van der Waals surface area contributed by atoms with Crippen molar-refractivity contribution < 1.29 is 0 Å². The lowest BCUT2D eigenvalue weighted by Crippen LogP contribution is -2.29. The molecule has 18 heavy (non-hydrogen) atoms. The molecule has 0 saturated carbocycles. The van der Waals surface area contributed by atoms with Crippen molar-refractivity contribution in [2.24, 2.45) is 0 Å². The van der Waals surface area contributed by atoms with E-state index in [-0.39, 0.29) is 11.6 Å². The Kier molecular flexibility index (Phi) is 3.68. The van der Waals surface area contributed by atoms with Crippen LogP contribution in [-0.4, -0.2) is 16.6 Å². The largest absolute Gasteiger partial charge is 0.311 e. The first kappa shape index (κ1) is 13.1. The third kappa shape index (κ3) is 2.13. The van der Waals surface area contributed by atoms with Crippen LogP contribution in [0, 0.1) is 0 Å². The molecular formula is C13H16ClN3O. The Balaban J connectivity index is 2.82. The summed E-state index contributed by atoms with van der Waals surface area (Å²) in [6.07, 6.45) is 0. The first-order chi connectivity index (χ1) is 8.58. The number of halogens is 1. The Labute approximate surface area is 111 Å². The molecule has 4 nitrogen and oxygen atoms in total. The highest BCUT2D eigenvalue weighted by Gasteiger charge is 2.14. The number of nitrogens with one attached hydrogen (secondary N) is 1. The number of rotatable bonds is 3. The van der Waals surface area contributed by atoms with Crippen molar-refractivity contribution in [3.63, 3.8) is 0 Å². The number of fused-ring (bicyclic) bond motifs is 1. The topological polar surface area (TPSA) is 46.9 Å². The predicted octanol–water partition coefficient (Wildman–Crippen LogP) is 2.35. The molecule has 0 saturated heterocycles. The van der Waals surface area contributed by atoms with Crippen LogP contribution in [0.15, 0.2) is 23.0 Å². The molecule has 1 heterocycles. The van der Waals surface area contributed by atoms with Gasteiger partial charge in [0, 0.05) is 11.6 Å². The van der Waals surface area contributed by atoms with Gasteiger partial charge in [-0.05, 0) is 39.1 Å². The van der Waals surface area contributed by atoms with E-state index in [2.05, 4.69) is 10.3 Å². The molecule has 96 valence electrons. The Morgan fingerprint density at radius 1 is 1.50 bits per heavy atom. The van der Waals surface area contributed by atoms with Gasteiger partial charge in [0.05, 0.1) is 16.9 Å². The van der Waals surface area contributed by atoms with Gasteiger partial charge in [-0.15, -0.1) is 0 Å². The maximum Gasteiger partial charge on any atom is 0.261 e. The minimum absolute atomic E-state index is 0.0148. The van der Waals surface area contributed by atoms with Gasteiger partial charge in [-0.2, -0.15) is 0 Å². The first-order valence-corrected chi connectivity index (χ1v) is 6.33. The molecule has 0 radical (unpaired) electrons. The smallest absolute Gasteiger partial charge is 0.261 e. The fraction of sp³-hybridized carbons (Fsp3) is 0.385. The average molecular weight is 266 g/mol. The van der Waals surface area contributed by atoms with Crippen LogP contribution in [0.5, 0.6) is 0 Å². The zero-order chi connectivity index (χ0) is 13.3. The van der Waals surface area contributed by atoms with Crippen molar-refractivity contribution in [1.82, 2.24) is 14.9 Å². The summed E-state index contributed by atoms with van der Waals surface area (Å²) in [6.45, 7) is 4.52. The molecule has 2 aromatic rings. The van der Waals surface area contributed by atoms with Gasteiger partial charge in [0.2, 0.25) is 0 Å². The van der Waals surface area contributed by atoms with Crippen LogP contribution in [0.1, 0.15) is 25.7 Å². The highest BCUT2D eigenvalue weighted by molar-refractivity contribution is 6.31. The molecule has 1 aromatic heterocycles. The standard InChI is InChI=1S/C13H16ClN3O/c1-4-17-12(8(2)15-3)16-11-7-9(14)5-6-10(11)13(17)18/h5-8,15H,4H2,1-3H3/t8-/m0/s1. The molecular weight excluding hydrogens is 250 g/mol. The van der Waals surface area contributed by atoms with Crippen LogP contribution in [-0.2, 0) is 6.54 Å². The number of hydrogen-bond acceptors (Lipinski definition) is 3. The van der Waals surface area contributed by atoms with Crippen LogP contribution in [0.3, 0.4) is 0 Å². The van der Waals surface area contributed by atoms with Crippen LogP contribution in [0.2, 0.25) is 5.02 Å². The van der Waals surface area contributed by atoms with E-state index in [1.807, 2.05) is 20.9 Å². The van der Waals surface area contributed by atoms with Gasteiger partial charge >= 0.3 is 0 Å². The molecule has 0 bridgehead atoms. The van der Waals surface area contributed by atoms with Crippen LogP contribution >= 0.6 is 11.6 Å². The summed E-state index contributed by atoms with van der Waals surface area (Å²) in [7, 11) is 1.85. The van der Waals surface area contributed by atoms with Crippen molar-refractivity contribution in [3.8, 4) is 0 Å². The van der Waals surface area contributed by atoms with E-state index in [4.69, 9.17) is 11.6 Å². The average Bonchev–Trinajstić information content (AvgIpc) is 2.37.